The van der Waals surface area contributed by atoms with Crippen LogP contribution in [0.1, 0.15) is 16.7 Å². The lowest BCUT2D eigenvalue weighted by Gasteiger charge is -2.08. The van der Waals surface area contributed by atoms with Gasteiger partial charge in [-0.1, -0.05) is 12.1 Å². The molecule has 0 saturated heterocycles. The van der Waals surface area contributed by atoms with E-state index in [-0.39, 0.29) is 11.1 Å². The molecule has 150 valence electrons. The van der Waals surface area contributed by atoms with Gasteiger partial charge >= 0.3 is 0 Å². The molecule has 0 unspecified atom stereocenters. The normalized spacial score (nSPS) is 10.9. The average Bonchev–Trinajstić information content (AvgIpc) is 3.06. The van der Waals surface area contributed by atoms with Crippen molar-refractivity contribution in [1.82, 2.24) is 4.57 Å². The van der Waals surface area contributed by atoms with E-state index in [0.29, 0.717) is 31.9 Å². The molecule has 1 aromatic heterocycles. The summed E-state index contributed by atoms with van der Waals surface area (Å²) in [5.74, 6) is 1.18. The molecular weight excluding hydrogens is 398 g/mol. The van der Waals surface area contributed by atoms with Crippen molar-refractivity contribution in [2.75, 3.05) is 14.2 Å². The number of hydrogen-bond donors (Lipinski definition) is 0. The molecule has 0 bridgehead atoms. The second-order valence-corrected chi connectivity index (χ2v) is 7.58. The predicted molar refractivity (Wildman–Crippen MR) is 116 cm³/mol. The highest BCUT2D eigenvalue weighted by atomic mass is 32.1. The van der Waals surface area contributed by atoms with Crippen LogP contribution < -0.4 is 24.2 Å². The van der Waals surface area contributed by atoms with Crippen molar-refractivity contribution in [2.24, 2.45) is 0 Å². The van der Waals surface area contributed by atoms with Gasteiger partial charge in [-0.2, -0.15) is 10.5 Å². The van der Waals surface area contributed by atoms with Crippen molar-refractivity contribution in [3.8, 4) is 29.3 Å². The third-order valence-electron chi connectivity index (χ3n) is 4.59. The fourth-order valence-electron chi connectivity index (χ4n) is 3.03. The first-order chi connectivity index (χ1) is 14.4. The fourth-order valence-corrected chi connectivity index (χ4v) is 4.07. The van der Waals surface area contributed by atoms with Gasteiger partial charge in [0.2, 0.25) is 0 Å². The monoisotopic (exact) mass is 417 g/mol. The summed E-state index contributed by atoms with van der Waals surface area (Å²) in [5.41, 5.74) is 2.76. The number of ether oxygens (including phenoxy) is 2. The van der Waals surface area contributed by atoms with Crippen LogP contribution >= 0.6 is 11.3 Å². The van der Waals surface area contributed by atoms with Crippen LogP contribution in [0.4, 0.5) is 0 Å². The zero-order valence-electron chi connectivity index (χ0n) is 17.0. The molecule has 0 atom stereocenters. The molecule has 6 nitrogen and oxygen atoms in total. The minimum Gasteiger partial charge on any atom is -0.497 e. The number of aromatic nitrogens is 1. The molecule has 7 heteroatoms. The Morgan fingerprint density at radius 1 is 1.07 bits per heavy atom. The number of methoxy groups -OCH3 is 2. The predicted octanol–water partition coefficient (Wildman–Crippen LogP) is 2.56. The summed E-state index contributed by atoms with van der Waals surface area (Å²) in [5, 5.41) is 18.9. The van der Waals surface area contributed by atoms with Gasteiger partial charge in [0.15, 0.2) is 5.57 Å². The lowest BCUT2D eigenvalue weighted by molar-refractivity contribution is 0.393. The largest absolute Gasteiger partial charge is 0.497 e. The van der Waals surface area contributed by atoms with Gasteiger partial charge in [0.25, 0.3) is 5.56 Å². The number of nitrogens with zero attached hydrogens (tertiary/aromatic N) is 3. The Balaban J connectivity index is 2.41. The van der Waals surface area contributed by atoms with E-state index in [1.165, 1.54) is 11.7 Å². The zero-order valence-corrected chi connectivity index (χ0v) is 17.8. The summed E-state index contributed by atoms with van der Waals surface area (Å²) < 4.78 is 12.8. The Bertz CT molecular complexity index is 1370. The average molecular weight is 417 g/mol. The van der Waals surface area contributed by atoms with E-state index in [1.807, 2.05) is 44.2 Å². The van der Waals surface area contributed by atoms with Gasteiger partial charge in [0.1, 0.15) is 28.3 Å². The van der Waals surface area contributed by atoms with E-state index in [9.17, 15) is 15.3 Å². The first-order valence-electron chi connectivity index (χ1n) is 9.01. The number of nitriles is 2. The third-order valence-corrected chi connectivity index (χ3v) is 5.69. The number of thiazole rings is 1. The van der Waals surface area contributed by atoms with E-state index in [2.05, 4.69) is 0 Å². The van der Waals surface area contributed by atoms with Crippen LogP contribution in [0.3, 0.4) is 0 Å². The second kappa shape index (κ2) is 8.69. The summed E-state index contributed by atoms with van der Waals surface area (Å²) in [6.45, 7) is 3.81. The Hall–Kier alpha value is -3.81. The molecule has 2 aromatic carbocycles. The van der Waals surface area contributed by atoms with Crippen molar-refractivity contribution in [3.63, 3.8) is 0 Å². The molecule has 1 heterocycles. The van der Waals surface area contributed by atoms with Crippen molar-refractivity contribution in [1.29, 1.82) is 10.5 Å². The summed E-state index contributed by atoms with van der Waals surface area (Å²) in [6.07, 6.45) is 1.70. The van der Waals surface area contributed by atoms with Gasteiger partial charge in [-0.15, -0.1) is 11.3 Å². The number of aryl methyl sites for hydroxylation is 2. The van der Waals surface area contributed by atoms with Crippen LogP contribution in [0.2, 0.25) is 0 Å². The SMILES string of the molecule is COc1ccc(/C=c2\sc(=C(C#N)C#N)n(-c3cc(C)ccc3C)c2=O)c(OC)c1. The van der Waals surface area contributed by atoms with Crippen LogP contribution in [-0.4, -0.2) is 18.8 Å². The molecule has 0 aliphatic heterocycles. The van der Waals surface area contributed by atoms with E-state index in [0.717, 1.165) is 22.5 Å². The lowest BCUT2D eigenvalue weighted by Crippen LogP contribution is -2.31. The van der Waals surface area contributed by atoms with Crippen LogP contribution in [0.15, 0.2) is 41.2 Å². The first-order valence-corrected chi connectivity index (χ1v) is 9.83. The highest BCUT2D eigenvalue weighted by molar-refractivity contribution is 7.07. The van der Waals surface area contributed by atoms with Gasteiger partial charge in [0, 0.05) is 11.6 Å². The van der Waals surface area contributed by atoms with Gasteiger partial charge in [-0.3, -0.25) is 9.36 Å². The maximum absolute atomic E-state index is 13.4. The fraction of sp³-hybridized carbons (Fsp3) is 0.174. The van der Waals surface area contributed by atoms with Crippen LogP contribution in [0.5, 0.6) is 11.5 Å². The van der Waals surface area contributed by atoms with Crippen molar-refractivity contribution in [2.45, 2.75) is 13.8 Å². The molecule has 0 amide bonds. The Kier molecular flexibility index (Phi) is 6.06. The molecule has 30 heavy (non-hydrogen) atoms. The minimum absolute atomic E-state index is 0.112. The molecule has 0 fully saturated rings. The van der Waals surface area contributed by atoms with E-state index < -0.39 is 0 Å². The van der Waals surface area contributed by atoms with Gasteiger partial charge in [-0.25, -0.2) is 0 Å². The van der Waals surface area contributed by atoms with Crippen molar-refractivity contribution >= 4 is 23.0 Å². The molecule has 0 aliphatic rings. The number of hydrogen-bond acceptors (Lipinski definition) is 6. The molecule has 0 spiro atoms. The summed E-state index contributed by atoms with van der Waals surface area (Å²) in [7, 11) is 3.10. The van der Waals surface area contributed by atoms with Crippen LogP contribution in [0, 0.1) is 36.5 Å². The zero-order chi connectivity index (χ0) is 21.8. The highest BCUT2D eigenvalue weighted by Crippen LogP contribution is 2.25. The Labute approximate surface area is 177 Å². The summed E-state index contributed by atoms with van der Waals surface area (Å²) in [4.78, 5) is 13.4. The highest BCUT2D eigenvalue weighted by Gasteiger charge is 2.14. The number of benzene rings is 2. The standard InChI is InChI=1S/C23H19N3O3S/c1-14-5-6-15(2)19(9-14)26-22(27)21(30-23(26)17(12-24)13-25)10-16-7-8-18(28-3)11-20(16)29-4/h5-11H,1-4H3/b21-10-. The minimum atomic E-state index is -0.301. The Morgan fingerprint density at radius 2 is 1.80 bits per heavy atom. The number of rotatable bonds is 4. The van der Waals surface area contributed by atoms with Crippen molar-refractivity contribution in [3.05, 3.63) is 72.6 Å². The molecule has 0 radical (unpaired) electrons. The van der Waals surface area contributed by atoms with Crippen LogP contribution in [0.25, 0.3) is 17.3 Å². The maximum Gasteiger partial charge on any atom is 0.273 e. The van der Waals surface area contributed by atoms with Gasteiger partial charge in [-0.05, 0) is 49.2 Å². The molecule has 3 aromatic rings. The van der Waals surface area contributed by atoms with E-state index in [1.54, 1.807) is 31.4 Å². The smallest absolute Gasteiger partial charge is 0.273 e. The van der Waals surface area contributed by atoms with Crippen LogP contribution in [-0.2, 0) is 0 Å². The lowest BCUT2D eigenvalue weighted by atomic mass is 10.1. The third kappa shape index (κ3) is 3.84. The Morgan fingerprint density at radius 3 is 2.43 bits per heavy atom. The van der Waals surface area contributed by atoms with Crippen molar-refractivity contribution < 1.29 is 9.47 Å². The molecule has 0 aliphatic carbocycles. The topological polar surface area (TPSA) is 88.0 Å². The molecule has 3 rings (SSSR count). The molecular formula is C23H19N3O3S. The summed E-state index contributed by atoms with van der Waals surface area (Å²) >= 11 is 1.10. The molecule has 0 saturated carbocycles. The maximum atomic E-state index is 13.4. The first kappa shape index (κ1) is 20.9. The second-order valence-electron chi connectivity index (χ2n) is 6.55. The quantitative estimate of drug-likeness (QED) is 0.651. The van der Waals surface area contributed by atoms with E-state index >= 15 is 0 Å². The summed E-state index contributed by atoms with van der Waals surface area (Å²) in [6, 6.07) is 14.8. The molecule has 0 N–H and O–H groups in total. The van der Waals surface area contributed by atoms with Gasteiger partial charge in [0.05, 0.1) is 24.4 Å². The van der Waals surface area contributed by atoms with Gasteiger partial charge < -0.3 is 9.47 Å². The van der Waals surface area contributed by atoms with E-state index in [4.69, 9.17) is 9.47 Å².